The number of aliphatic imine (C=N–C) groups is 1. The Morgan fingerprint density at radius 3 is 1.55 bits per heavy atom. The second kappa shape index (κ2) is 36.6. The number of carboxylic acid groups (broad SMARTS) is 2. The number of aromatic hydroxyl groups is 1. The molecule has 23 N–H and O–H groups in total. The minimum absolute atomic E-state index is 0.0204. The highest BCUT2D eigenvalue weighted by Crippen LogP contribution is 2.15. The quantitative estimate of drug-likeness (QED) is 0.0166. The van der Waals surface area contributed by atoms with Crippen LogP contribution in [0, 0.1) is 17.8 Å². The van der Waals surface area contributed by atoms with Gasteiger partial charge in [0.05, 0.1) is 32.0 Å². The third-order valence-electron chi connectivity index (χ3n) is 12.8. The summed E-state index contributed by atoms with van der Waals surface area (Å²) < 4.78 is 0. The lowest BCUT2D eigenvalue weighted by Crippen LogP contribution is -2.62. The van der Waals surface area contributed by atoms with E-state index in [9.17, 15) is 77.6 Å². The molecule has 0 aromatic heterocycles. The van der Waals surface area contributed by atoms with Gasteiger partial charge in [-0.3, -0.25) is 62.5 Å². The lowest BCUT2D eigenvalue weighted by molar-refractivity contribution is -0.143. The Balaban J connectivity index is 3.40. The van der Waals surface area contributed by atoms with Crippen LogP contribution in [-0.2, 0) is 68.7 Å². The minimum atomic E-state index is -1.85. The number of aliphatic hydroxyl groups excluding tert-OH is 1. The number of carbonyl (C=O) groups is 13. The number of phenols is 1. The van der Waals surface area contributed by atoms with Gasteiger partial charge in [-0.15, -0.1) is 0 Å². The molecule has 1 aromatic carbocycles. The smallest absolute Gasteiger partial charge is 0.326 e. The van der Waals surface area contributed by atoms with Crippen LogP contribution in [-0.4, -0.2) is 177 Å². The van der Waals surface area contributed by atoms with Crippen molar-refractivity contribution in [2.75, 3.05) is 19.7 Å². The van der Waals surface area contributed by atoms with E-state index in [1.54, 1.807) is 34.6 Å². The topological polar surface area (TPSA) is 554 Å². The summed E-state index contributed by atoms with van der Waals surface area (Å²) in [6.45, 7) is 8.13. The molecule has 0 saturated heterocycles. The Hall–Kier alpha value is -8.68. The van der Waals surface area contributed by atoms with Crippen LogP contribution in [0.5, 0.6) is 5.75 Å². The van der Waals surface area contributed by atoms with Crippen molar-refractivity contribution < 1.29 is 82.8 Å². The van der Waals surface area contributed by atoms with E-state index in [-0.39, 0.29) is 56.3 Å². The van der Waals surface area contributed by atoms with Gasteiger partial charge in [0.25, 0.3) is 0 Å². The zero-order chi connectivity index (χ0) is 63.3. The standard InChI is InChI=1S/C51H83N15O17/c1-7-25(5)40(65-38(71)22-58-43(75)33(19-27-11-13-28(68)14-12-27)61-42(74)29(52)20-39(72)73)48(80)62-32(18-24(3)4)45(77)59-30(15-16-36(53)69)44(76)66-41(26(6)8-2)49(81)63-34(21-37(54)70)46(78)64-35(23-67)47(79)60-31(50(82)83)10-9-17-57-51(55)56/h11-14,24-26,29-35,40-41,67-68H,7-10,15-23,52H2,1-6H3,(H2,53,69)(H2,54,70)(H,58,75)(H,59,77)(H,60,79)(H,61,74)(H,62,80)(H,63,81)(H,64,78)(H,65,71)(H,66,76)(H,72,73)(H,82,83)(H4,55,56,57)/t25-,26-,29-,30-,31-,32-,33-,34-,35-,40-,41-/m0/s1. The molecule has 32 nitrogen and oxygen atoms in total. The van der Waals surface area contributed by atoms with E-state index in [0.717, 1.165) is 0 Å². The van der Waals surface area contributed by atoms with Gasteiger partial charge in [-0.25, -0.2) is 4.79 Å². The van der Waals surface area contributed by atoms with Gasteiger partial charge in [-0.1, -0.05) is 66.5 Å². The summed E-state index contributed by atoms with van der Waals surface area (Å²) in [4.78, 5) is 174. The molecule has 0 heterocycles. The fourth-order valence-corrected chi connectivity index (χ4v) is 7.77. The number of aliphatic hydroxyl groups is 1. The number of aliphatic carboxylic acids is 2. The van der Waals surface area contributed by atoms with Gasteiger partial charge in [0, 0.05) is 19.4 Å². The molecule has 0 aliphatic heterocycles. The number of nitrogens with two attached hydrogens (primary N) is 5. The first-order valence-electron chi connectivity index (χ1n) is 26.7. The van der Waals surface area contributed by atoms with Gasteiger partial charge in [-0.2, -0.15) is 0 Å². The summed E-state index contributed by atoms with van der Waals surface area (Å²) >= 11 is 0. The van der Waals surface area contributed by atoms with Crippen molar-refractivity contribution in [3.63, 3.8) is 0 Å². The first kappa shape index (κ1) is 72.3. The van der Waals surface area contributed by atoms with Crippen molar-refractivity contribution in [1.29, 1.82) is 0 Å². The van der Waals surface area contributed by atoms with E-state index >= 15 is 0 Å². The molecular formula is C51H83N15O17. The van der Waals surface area contributed by atoms with E-state index in [1.165, 1.54) is 31.2 Å². The highest BCUT2D eigenvalue weighted by atomic mass is 16.4. The summed E-state index contributed by atoms with van der Waals surface area (Å²) in [6, 6.07) is -8.46. The van der Waals surface area contributed by atoms with Crippen LogP contribution in [0.3, 0.4) is 0 Å². The highest BCUT2D eigenvalue weighted by molar-refractivity contribution is 5.99. The molecule has 0 aliphatic carbocycles. The predicted molar refractivity (Wildman–Crippen MR) is 296 cm³/mol. The van der Waals surface area contributed by atoms with Gasteiger partial charge in [0.15, 0.2) is 5.96 Å². The Bertz CT molecular complexity index is 2460. The van der Waals surface area contributed by atoms with Crippen molar-refractivity contribution >= 4 is 82.9 Å². The van der Waals surface area contributed by atoms with Crippen molar-refractivity contribution in [2.24, 2.45) is 51.4 Å². The number of rotatable bonds is 39. The number of benzene rings is 1. The van der Waals surface area contributed by atoms with Crippen LogP contribution in [0.1, 0.15) is 105 Å². The van der Waals surface area contributed by atoms with Crippen LogP contribution in [0.15, 0.2) is 29.3 Å². The maximum Gasteiger partial charge on any atom is 0.326 e. The van der Waals surface area contributed by atoms with E-state index in [1.807, 2.05) is 0 Å². The van der Waals surface area contributed by atoms with Gasteiger partial charge >= 0.3 is 11.9 Å². The Kier molecular flexibility index (Phi) is 31.9. The summed E-state index contributed by atoms with van der Waals surface area (Å²) in [5.74, 6) is -15.9. The van der Waals surface area contributed by atoms with Crippen molar-refractivity contribution in [2.45, 2.75) is 160 Å². The number of guanidine groups is 1. The molecule has 1 rings (SSSR count). The molecule has 0 spiro atoms. The molecule has 11 amide bonds. The number of carboxylic acids is 2. The number of hydrogen-bond acceptors (Lipinski definition) is 17. The van der Waals surface area contributed by atoms with Gasteiger partial charge in [-0.05, 0) is 61.1 Å². The summed E-state index contributed by atoms with van der Waals surface area (Å²) in [5.41, 5.74) is 27.5. The number of carbonyl (C=O) groups excluding carboxylic acids is 11. The number of phenolic OH excluding ortho intramolecular Hbond substituents is 1. The molecule has 0 saturated carbocycles. The number of hydrogen-bond donors (Lipinski definition) is 18. The van der Waals surface area contributed by atoms with Gasteiger partial charge in [0.1, 0.15) is 54.1 Å². The Morgan fingerprint density at radius 2 is 1.05 bits per heavy atom. The molecule has 464 valence electrons. The van der Waals surface area contributed by atoms with Crippen molar-refractivity contribution in [1.82, 2.24) is 47.9 Å². The zero-order valence-corrected chi connectivity index (χ0v) is 47.4. The first-order chi connectivity index (χ1) is 38.8. The largest absolute Gasteiger partial charge is 0.508 e. The van der Waals surface area contributed by atoms with Crippen LogP contribution < -0.4 is 76.5 Å². The van der Waals surface area contributed by atoms with Gasteiger partial charge in [0.2, 0.25) is 65.0 Å². The van der Waals surface area contributed by atoms with Crippen LogP contribution in [0.2, 0.25) is 0 Å². The molecule has 0 bridgehead atoms. The third-order valence-corrected chi connectivity index (χ3v) is 12.8. The average molecular weight is 1180 g/mol. The maximum atomic E-state index is 14.2. The molecule has 0 aliphatic rings. The Labute approximate surface area is 479 Å². The van der Waals surface area contributed by atoms with Crippen molar-refractivity contribution in [3.05, 3.63) is 29.8 Å². The molecular weight excluding hydrogens is 1090 g/mol. The van der Waals surface area contributed by atoms with Crippen molar-refractivity contribution in [3.8, 4) is 5.75 Å². The van der Waals surface area contributed by atoms with E-state index in [4.69, 9.17) is 33.8 Å². The number of nitrogens with one attached hydrogen (secondary N) is 9. The Morgan fingerprint density at radius 1 is 0.554 bits per heavy atom. The predicted octanol–water partition coefficient (Wildman–Crippen LogP) is -5.86. The fraction of sp³-hybridized carbons (Fsp3) is 0.608. The number of primary amides is 2. The van der Waals surface area contributed by atoms with E-state index in [0.29, 0.717) is 12.0 Å². The van der Waals surface area contributed by atoms with E-state index in [2.05, 4.69) is 52.8 Å². The second-order valence-electron chi connectivity index (χ2n) is 20.2. The molecule has 0 unspecified atom stereocenters. The van der Waals surface area contributed by atoms with Crippen LogP contribution >= 0.6 is 0 Å². The fourth-order valence-electron chi connectivity index (χ4n) is 7.77. The first-order valence-corrected chi connectivity index (χ1v) is 26.7. The summed E-state index contributed by atoms with van der Waals surface area (Å²) in [5, 5.41) is 60.0. The second-order valence-corrected chi connectivity index (χ2v) is 20.2. The molecule has 0 radical (unpaired) electrons. The lowest BCUT2D eigenvalue weighted by atomic mass is 9.96. The molecule has 0 fully saturated rings. The SMILES string of the molecule is CC[C@H](C)[C@H](NC(=O)CNC(=O)[C@H](Cc1ccc(O)cc1)NC(=O)[C@@H](N)CC(=O)O)C(=O)N[C@@H](CC(C)C)C(=O)N[C@@H](CCC(N)=O)C(=O)N[C@H](C(=O)N[C@@H](CC(N)=O)C(=O)N[C@@H](CO)C(=O)N[C@@H](CCCN=C(N)N)C(=O)O)[C@@H](C)CC. The summed E-state index contributed by atoms with van der Waals surface area (Å²) in [6.07, 6.45) is -2.35. The number of nitrogens with zero attached hydrogens (tertiary/aromatic N) is 1. The summed E-state index contributed by atoms with van der Waals surface area (Å²) in [7, 11) is 0. The highest BCUT2D eigenvalue weighted by Gasteiger charge is 2.37. The zero-order valence-electron chi connectivity index (χ0n) is 47.4. The monoisotopic (exact) mass is 1180 g/mol. The molecule has 1 aromatic rings. The lowest BCUT2D eigenvalue weighted by Gasteiger charge is -2.30. The third kappa shape index (κ3) is 27.6. The molecule has 32 heteroatoms. The average Bonchev–Trinajstić information content (AvgIpc) is 3.41. The minimum Gasteiger partial charge on any atom is -0.508 e. The normalized spacial score (nSPS) is 15.0. The van der Waals surface area contributed by atoms with Crippen LogP contribution in [0.4, 0.5) is 0 Å². The van der Waals surface area contributed by atoms with Gasteiger partial charge < -0.3 is 96.9 Å². The molecule has 83 heavy (non-hydrogen) atoms. The van der Waals surface area contributed by atoms with Crippen LogP contribution in [0.25, 0.3) is 0 Å². The molecule has 11 atom stereocenters. The number of amides is 11. The van der Waals surface area contributed by atoms with E-state index < -0.39 is 182 Å². The maximum absolute atomic E-state index is 14.2.